The number of phenolic OH excluding ortho intramolecular Hbond substituents is 1. The number of hydrogen-bond acceptors (Lipinski definition) is 3. The van der Waals surface area contributed by atoms with Gasteiger partial charge in [-0.3, -0.25) is 0 Å². The van der Waals surface area contributed by atoms with Gasteiger partial charge in [-0.15, -0.1) is 0 Å². The summed E-state index contributed by atoms with van der Waals surface area (Å²) in [6, 6.07) is 12.2. The van der Waals surface area contributed by atoms with Gasteiger partial charge >= 0.3 is 0 Å². The molecule has 2 atom stereocenters. The lowest BCUT2D eigenvalue weighted by molar-refractivity contribution is 0.113. The molecule has 3 nitrogen and oxygen atoms in total. The van der Waals surface area contributed by atoms with E-state index in [1.807, 2.05) is 18.2 Å². The zero-order valence-corrected chi connectivity index (χ0v) is 11.1. The molecule has 19 heavy (non-hydrogen) atoms. The Bertz CT molecular complexity index is 582. The van der Waals surface area contributed by atoms with Crippen LogP contribution in [0.15, 0.2) is 36.4 Å². The highest BCUT2D eigenvalue weighted by Crippen LogP contribution is 2.27. The fourth-order valence-corrected chi connectivity index (χ4v) is 2.74. The van der Waals surface area contributed by atoms with Gasteiger partial charge in [0, 0.05) is 24.8 Å². The number of benzene rings is 2. The summed E-state index contributed by atoms with van der Waals surface area (Å²) in [4.78, 5) is 0. The van der Waals surface area contributed by atoms with Crippen molar-refractivity contribution in [3.05, 3.63) is 42.0 Å². The Balaban J connectivity index is 1.85. The molecular formula is C16H19NO2. The van der Waals surface area contributed by atoms with E-state index in [9.17, 15) is 5.11 Å². The molecule has 3 rings (SSSR count). The molecule has 0 radical (unpaired) electrons. The summed E-state index contributed by atoms with van der Waals surface area (Å²) in [6.07, 6.45) is 1.28. The van der Waals surface area contributed by atoms with Crippen molar-refractivity contribution in [1.82, 2.24) is 5.32 Å². The molecule has 0 bridgehead atoms. The second kappa shape index (κ2) is 5.19. The van der Waals surface area contributed by atoms with E-state index in [-0.39, 0.29) is 6.10 Å². The molecule has 0 aromatic heterocycles. The first-order chi connectivity index (χ1) is 9.25. The predicted molar refractivity (Wildman–Crippen MR) is 76.3 cm³/mol. The van der Waals surface area contributed by atoms with Gasteiger partial charge in [0.1, 0.15) is 5.75 Å². The Morgan fingerprint density at radius 3 is 2.89 bits per heavy atom. The largest absolute Gasteiger partial charge is 0.508 e. The van der Waals surface area contributed by atoms with Gasteiger partial charge in [-0.2, -0.15) is 0 Å². The molecule has 3 heteroatoms. The maximum Gasteiger partial charge on any atom is 0.120 e. The summed E-state index contributed by atoms with van der Waals surface area (Å²) in [5.74, 6) is 0.359. The maximum atomic E-state index is 10.1. The molecule has 1 aliphatic rings. The summed E-state index contributed by atoms with van der Waals surface area (Å²) in [7, 11) is 0. The first-order valence-corrected chi connectivity index (χ1v) is 6.80. The fraction of sp³-hybridized carbons (Fsp3) is 0.375. The maximum absolute atomic E-state index is 10.1. The first kappa shape index (κ1) is 12.5. The van der Waals surface area contributed by atoms with Crippen LogP contribution in [0.3, 0.4) is 0 Å². The van der Waals surface area contributed by atoms with E-state index in [4.69, 9.17) is 4.74 Å². The molecule has 0 saturated carbocycles. The number of fused-ring (bicyclic) bond motifs is 1. The molecule has 1 saturated heterocycles. The number of phenols is 1. The topological polar surface area (TPSA) is 41.5 Å². The molecule has 0 amide bonds. The number of nitrogens with one attached hydrogen (secondary N) is 1. The summed E-state index contributed by atoms with van der Waals surface area (Å²) in [5.41, 5.74) is 0.970. The van der Waals surface area contributed by atoms with Crippen molar-refractivity contribution in [2.24, 2.45) is 0 Å². The third-order valence-electron chi connectivity index (χ3n) is 3.93. The monoisotopic (exact) mass is 257 g/mol. The molecular weight excluding hydrogens is 238 g/mol. The Morgan fingerprint density at radius 1 is 1.26 bits per heavy atom. The van der Waals surface area contributed by atoms with E-state index in [1.165, 1.54) is 0 Å². The molecule has 0 aliphatic carbocycles. The van der Waals surface area contributed by atoms with Crippen LogP contribution >= 0.6 is 0 Å². The molecule has 2 N–H and O–H groups in total. The summed E-state index contributed by atoms with van der Waals surface area (Å²) >= 11 is 0. The minimum atomic E-state index is 0.247. The fourth-order valence-electron chi connectivity index (χ4n) is 2.74. The molecule has 2 aromatic carbocycles. The lowest BCUT2D eigenvalue weighted by Crippen LogP contribution is -2.34. The highest BCUT2D eigenvalue weighted by Gasteiger charge is 2.23. The average Bonchev–Trinajstić information content (AvgIpc) is 2.83. The van der Waals surface area contributed by atoms with E-state index < -0.39 is 0 Å². The first-order valence-electron chi connectivity index (χ1n) is 6.80. The second-order valence-corrected chi connectivity index (χ2v) is 5.14. The highest BCUT2D eigenvalue weighted by molar-refractivity contribution is 5.87. The summed E-state index contributed by atoms with van der Waals surface area (Å²) < 4.78 is 5.55. The van der Waals surface area contributed by atoms with Crippen molar-refractivity contribution in [2.75, 3.05) is 6.61 Å². The molecule has 1 aliphatic heterocycles. The molecule has 2 unspecified atom stereocenters. The zero-order valence-electron chi connectivity index (χ0n) is 11.1. The van der Waals surface area contributed by atoms with Gasteiger partial charge < -0.3 is 15.2 Å². The van der Waals surface area contributed by atoms with Gasteiger partial charge in [-0.05, 0) is 30.2 Å². The van der Waals surface area contributed by atoms with Crippen LogP contribution < -0.4 is 5.32 Å². The third kappa shape index (κ3) is 2.44. The third-order valence-corrected chi connectivity index (χ3v) is 3.93. The van der Waals surface area contributed by atoms with Crippen LogP contribution in [-0.4, -0.2) is 23.9 Å². The summed E-state index contributed by atoms with van der Waals surface area (Å²) in [5, 5.41) is 15.8. The lowest BCUT2D eigenvalue weighted by atomic mass is 10.0. The van der Waals surface area contributed by atoms with Crippen LogP contribution in [0.5, 0.6) is 5.75 Å². The van der Waals surface area contributed by atoms with Crippen LogP contribution in [0, 0.1) is 0 Å². The Hall–Kier alpha value is -1.58. The van der Waals surface area contributed by atoms with Crippen LogP contribution in [0.2, 0.25) is 0 Å². The Morgan fingerprint density at radius 2 is 2.11 bits per heavy atom. The summed E-state index contributed by atoms with van der Waals surface area (Å²) in [6.45, 7) is 3.58. The van der Waals surface area contributed by atoms with Gasteiger partial charge in [-0.25, -0.2) is 0 Å². The van der Waals surface area contributed by atoms with Crippen LogP contribution in [0.25, 0.3) is 10.8 Å². The van der Waals surface area contributed by atoms with Crippen molar-refractivity contribution >= 4 is 10.8 Å². The van der Waals surface area contributed by atoms with E-state index >= 15 is 0 Å². The number of rotatable bonds is 3. The molecule has 1 heterocycles. The Kier molecular flexibility index (Phi) is 3.40. The van der Waals surface area contributed by atoms with Crippen molar-refractivity contribution < 1.29 is 9.84 Å². The lowest BCUT2D eigenvalue weighted by Gasteiger charge is -2.17. The Labute approximate surface area is 113 Å². The standard InChI is InChI=1S/C16H19NO2/c1-11-15(8-9-19-11)17-10-14-13-5-3-2-4-12(13)6-7-16(14)18/h2-7,11,15,17-18H,8-10H2,1H3. The van der Waals surface area contributed by atoms with Gasteiger partial charge in [-0.1, -0.05) is 30.3 Å². The molecule has 100 valence electrons. The van der Waals surface area contributed by atoms with Gasteiger partial charge in [0.2, 0.25) is 0 Å². The van der Waals surface area contributed by atoms with Crippen LogP contribution in [0.1, 0.15) is 18.9 Å². The van der Waals surface area contributed by atoms with Crippen molar-refractivity contribution in [2.45, 2.75) is 32.0 Å². The zero-order chi connectivity index (χ0) is 13.2. The van der Waals surface area contributed by atoms with E-state index in [2.05, 4.69) is 24.4 Å². The highest BCUT2D eigenvalue weighted by atomic mass is 16.5. The van der Waals surface area contributed by atoms with Gasteiger partial charge in [0.15, 0.2) is 0 Å². The van der Waals surface area contributed by atoms with Crippen LogP contribution in [0.4, 0.5) is 0 Å². The average molecular weight is 257 g/mol. The quantitative estimate of drug-likeness (QED) is 0.888. The number of ether oxygens (including phenoxy) is 1. The van der Waals surface area contributed by atoms with Crippen molar-refractivity contribution in [1.29, 1.82) is 0 Å². The number of aromatic hydroxyl groups is 1. The number of hydrogen-bond donors (Lipinski definition) is 2. The SMILES string of the molecule is CC1OCCC1NCc1c(O)ccc2ccccc12. The van der Waals surface area contributed by atoms with Gasteiger partial charge in [0.05, 0.1) is 6.10 Å². The molecule has 1 fully saturated rings. The van der Waals surface area contributed by atoms with Crippen molar-refractivity contribution in [3.8, 4) is 5.75 Å². The van der Waals surface area contributed by atoms with E-state index in [0.29, 0.717) is 18.3 Å². The van der Waals surface area contributed by atoms with E-state index in [0.717, 1.165) is 29.4 Å². The molecule has 2 aromatic rings. The molecule has 0 spiro atoms. The van der Waals surface area contributed by atoms with Crippen LogP contribution in [-0.2, 0) is 11.3 Å². The normalized spacial score (nSPS) is 23.0. The minimum Gasteiger partial charge on any atom is -0.508 e. The van der Waals surface area contributed by atoms with Crippen molar-refractivity contribution in [3.63, 3.8) is 0 Å². The minimum absolute atomic E-state index is 0.247. The smallest absolute Gasteiger partial charge is 0.120 e. The predicted octanol–water partition coefficient (Wildman–Crippen LogP) is 2.81. The van der Waals surface area contributed by atoms with E-state index in [1.54, 1.807) is 6.07 Å². The second-order valence-electron chi connectivity index (χ2n) is 5.14. The van der Waals surface area contributed by atoms with Gasteiger partial charge in [0.25, 0.3) is 0 Å².